The van der Waals surface area contributed by atoms with Crippen LogP contribution in [0.25, 0.3) is 0 Å². The first-order chi connectivity index (χ1) is 9.25. The number of nitrogens with zero attached hydrogens (tertiary/aromatic N) is 2. The first-order valence-corrected chi connectivity index (χ1v) is 6.33. The zero-order valence-corrected chi connectivity index (χ0v) is 11.1. The average molecular weight is 298 g/mol. The fourth-order valence-corrected chi connectivity index (χ4v) is 2.52. The van der Waals surface area contributed by atoms with E-state index in [0.717, 1.165) is 6.20 Å². The van der Waals surface area contributed by atoms with Crippen LogP contribution in [-0.4, -0.2) is 10.1 Å². The Morgan fingerprint density at radius 2 is 2.05 bits per heavy atom. The molecule has 20 heavy (non-hydrogen) atoms. The summed E-state index contributed by atoms with van der Waals surface area (Å²) in [7, 11) is 0. The van der Waals surface area contributed by atoms with Gasteiger partial charge in [-0.15, -0.1) is 11.3 Å². The quantitative estimate of drug-likeness (QED) is 0.925. The summed E-state index contributed by atoms with van der Waals surface area (Å²) in [5.74, 6) is 0. The zero-order chi connectivity index (χ0) is 15.0. The van der Waals surface area contributed by atoms with E-state index < -0.39 is 16.8 Å². The normalized spacial score (nSPS) is 14.6. The van der Waals surface area contributed by atoms with Crippen molar-refractivity contribution in [3.63, 3.8) is 0 Å². The Kier molecular flexibility index (Phi) is 3.54. The van der Waals surface area contributed by atoms with Crippen LogP contribution >= 0.6 is 11.3 Å². The Hall–Kier alpha value is -1.91. The van der Waals surface area contributed by atoms with Crippen LogP contribution < -0.4 is 0 Å². The van der Waals surface area contributed by atoms with Crippen LogP contribution in [0, 0.1) is 11.3 Å². The standard InChI is InChI=1S/C13H9F3N2OS/c1-12(19,9-4-2-3-8(5-9)6-17)10-7-18-11(20-10)13(14,15)16/h2-5,7,19H,1H3. The fraction of sp³-hybridized carbons (Fsp3) is 0.231. The van der Waals surface area contributed by atoms with Gasteiger partial charge in [0.15, 0.2) is 5.01 Å². The summed E-state index contributed by atoms with van der Waals surface area (Å²) in [6.07, 6.45) is -3.53. The molecule has 2 aromatic rings. The second-order valence-corrected chi connectivity index (χ2v) is 5.32. The summed E-state index contributed by atoms with van der Waals surface area (Å²) in [5, 5.41) is 18.3. The van der Waals surface area contributed by atoms with Gasteiger partial charge in [-0.25, -0.2) is 4.98 Å². The van der Waals surface area contributed by atoms with Gasteiger partial charge in [0.05, 0.1) is 16.5 Å². The largest absolute Gasteiger partial charge is 0.443 e. The molecule has 0 aliphatic carbocycles. The lowest BCUT2D eigenvalue weighted by Crippen LogP contribution is -2.21. The maximum Gasteiger partial charge on any atom is 0.443 e. The molecule has 1 unspecified atom stereocenters. The van der Waals surface area contributed by atoms with Crippen molar-refractivity contribution in [2.45, 2.75) is 18.7 Å². The van der Waals surface area contributed by atoms with E-state index in [2.05, 4.69) is 4.98 Å². The van der Waals surface area contributed by atoms with E-state index in [1.54, 1.807) is 18.2 Å². The number of alkyl halides is 3. The van der Waals surface area contributed by atoms with E-state index in [9.17, 15) is 18.3 Å². The zero-order valence-electron chi connectivity index (χ0n) is 10.3. The van der Waals surface area contributed by atoms with Gasteiger partial charge in [0.1, 0.15) is 5.60 Å². The number of aliphatic hydroxyl groups is 1. The van der Waals surface area contributed by atoms with Crippen molar-refractivity contribution >= 4 is 11.3 Å². The number of benzene rings is 1. The molecule has 7 heteroatoms. The molecular weight excluding hydrogens is 289 g/mol. The third kappa shape index (κ3) is 2.66. The Morgan fingerprint density at radius 1 is 1.35 bits per heavy atom. The minimum absolute atomic E-state index is 0.0694. The molecule has 0 radical (unpaired) electrons. The number of hydrogen-bond acceptors (Lipinski definition) is 4. The molecule has 0 bridgehead atoms. The third-order valence-electron chi connectivity index (χ3n) is 2.78. The monoisotopic (exact) mass is 298 g/mol. The lowest BCUT2D eigenvalue weighted by Gasteiger charge is -2.22. The van der Waals surface area contributed by atoms with Crippen molar-refractivity contribution in [3.8, 4) is 6.07 Å². The number of halogens is 3. The van der Waals surface area contributed by atoms with Crippen molar-refractivity contribution in [1.82, 2.24) is 4.98 Å². The first-order valence-electron chi connectivity index (χ1n) is 5.51. The van der Waals surface area contributed by atoms with Gasteiger partial charge in [0.2, 0.25) is 0 Å². The molecule has 104 valence electrons. The Morgan fingerprint density at radius 3 is 2.60 bits per heavy atom. The van der Waals surface area contributed by atoms with Crippen LogP contribution in [-0.2, 0) is 11.8 Å². The van der Waals surface area contributed by atoms with Crippen molar-refractivity contribution in [2.75, 3.05) is 0 Å². The van der Waals surface area contributed by atoms with E-state index in [-0.39, 0.29) is 4.88 Å². The molecule has 1 aromatic heterocycles. The smallest absolute Gasteiger partial charge is 0.380 e. The van der Waals surface area contributed by atoms with E-state index in [1.165, 1.54) is 13.0 Å². The van der Waals surface area contributed by atoms with Gasteiger partial charge in [-0.3, -0.25) is 0 Å². The third-order valence-corrected chi connectivity index (χ3v) is 4.03. The van der Waals surface area contributed by atoms with Crippen molar-refractivity contribution < 1.29 is 18.3 Å². The van der Waals surface area contributed by atoms with Crippen LogP contribution in [0.5, 0.6) is 0 Å². The second kappa shape index (κ2) is 4.89. The fourth-order valence-electron chi connectivity index (χ4n) is 1.66. The molecule has 3 nitrogen and oxygen atoms in total. The van der Waals surface area contributed by atoms with E-state index >= 15 is 0 Å². The predicted molar refractivity (Wildman–Crippen MR) is 66.9 cm³/mol. The van der Waals surface area contributed by atoms with Crippen LogP contribution in [0.3, 0.4) is 0 Å². The first kappa shape index (κ1) is 14.5. The van der Waals surface area contributed by atoms with E-state index in [4.69, 9.17) is 5.26 Å². The van der Waals surface area contributed by atoms with E-state index in [0.29, 0.717) is 22.5 Å². The molecule has 0 saturated heterocycles. The highest BCUT2D eigenvalue weighted by Gasteiger charge is 2.37. The number of hydrogen-bond donors (Lipinski definition) is 1. The van der Waals surface area contributed by atoms with Gasteiger partial charge < -0.3 is 5.11 Å². The van der Waals surface area contributed by atoms with Gasteiger partial charge in [-0.1, -0.05) is 12.1 Å². The summed E-state index contributed by atoms with van der Waals surface area (Å²) in [4.78, 5) is 3.36. The lowest BCUT2D eigenvalue weighted by atomic mass is 9.93. The van der Waals surface area contributed by atoms with Gasteiger partial charge in [0.25, 0.3) is 0 Å². The van der Waals surface area contributed by atoms with Gasteiger partial charge >= 0.3 is 6.18 Å². The Bertz CT molecular complexity index is 671. The highest BCUT2D eigenvalue weighted by molar-refractivity contribution is 7.11. The molecule has 1 atom stereocenters. The summed E-state index contributed by atoms with van der Waals surface area (Å²) in [5.41, 5.74) is -0.967. The number of aromatic nitrogens is 1. The molecule has 0 amide bonds. The van der Waals surface area contributed by atoms with Crippen molar-refractivity contribution in [1.29, 1.82) is 5.26 Å². The molecule has 0 saturated carbocycles. The van der Waals surface area contributed by atoms with Crippen LogP contribution in [0.4, 0.5) is 13.2 Å². The molecule has 0 fully saturated rings. The molecule has 0 aliphatic heterocycles. The topological polar surface area (TPSA) is 56.9 Å². The van der Waals surface area contributed by atoms with Gasteiger partial charge in [-0.2, -0.15) is 18.4 Å². The Balaban J connectivity index is 2.44. The SMILES string of the molecule is CC(O)(c1cccc(C#N)c1)c1cnc(C(F)(F)F)s1. The number of thiazole rings is 1. The van der Waals surface area contributed by atoms with Crippen molar-refractivity contribution in [2.24, 2.45) is 0 Å². The second-order valence-electron chi connectivity index (χ2n) is 4.29. The molecule has 1 N–H and O–H groups in total. The predicted octanol–water partition coefficient (Wildman–Crippen LogP) is 3.29. The van der Waals surface area contributed by atoms with Crippen LogP contribution in [0.1, 0.15) is 27.9 Å². The van der Waals surface area contributed by atoms with Crippen molar-refractivity contribution in [3.05, 3.63) is 51.5 Å². The lowest BCUT2D eigenvalue weighted by molar-refractivity contribution is -0.137. The van der Waals surface area contributed by atoms with Crippen LogP contribution in [0.15, 0.2) is 30.5 Å². The van der Waals surface area contributed by atoms with Gasteiger partial charge in [0, 0.05) is 6.20 Å². The van der Waals surface area contributed by atoms with E-state index in [1.807, 2.05) is 6.07 Å². The summed E-state index contributed by atoms with van der Waals surface area (Å²) < 4.78 is 37.6. The molecule has 1 aromatic carbocycles. The minimum Gasteiger partial charge on any atom is -0.380 e. The number of nitriles is 1. The maximum atomic E-state index is 12.5. The molecular formula is C13H9F3N2OS. The highest BCUT2D eigenvalue weighted by atomic mass is 32.1. The summed E-state index contributed by atoms with van der Waals surface area (Å²) in [6, 6.07) is 8.02. The maximum absolute atomic E-state index is 12.5. The van der Waals surface area contributed by atoms with Gasteiger partial charge in [-0.05, 0) is 24.6 Å². The average Bonchev–Trinajstić information content (AvgIpc) is 2.89. The summed E-state index contributed by atoms with van der Waals surface area (Å²) >= 11 is 0.386. The Labute approximate surface area is 116 Å². The molecule has 0 aliphatic rings. The minimum atomic E-state index is -4.53. The summed E-state index contributed by atoms with van der Waals surface area (Å²) in [6.45, 7) is 1.37. The molecule has 1 heterocycles. The molecule has 2 rings (SSSR count). The molecule has 0 spiro atoms. The van der Waals surface area contributed by atoms with Crippen LogP contribution in [0.2, 0.25) is 0 Å². The highest BCUT2D eigenvalue weighted by Crippen LogP contribution is 2.38. The number of rotatable bonds is 2.